The smallest absolute Gasteiger partial charge is 0.169 e. The van der Waals surface area contributed by atoms with E-state index in [1.54, 1.807) is 90.0 Å². The monoisotopic (exact) mass is 1700 g/mol. The topological polar surface area (TPSA) is 602 Å². The van der Waals surface area contributed by atoms with Crippen LogP contribution in [0.3, 0.4) is 0 Å². The summed E-state index contributed by atoms with van der Waals surface area (Å²) in [6, 6.07) is -1.30. The number of carbonyl (C=O) groups excluding carboxylic acids is 8. The minimum atomic E-state index is -1.30. The van der Waals surface area contributed by atoms with Crippen LogP contribution in [-0.4, -0.2) is 209 Å². The summed E-state index contributed by atoms with van der Waals surface area (Å²) >= 11 is 0. The van der Waals surface area contributed by atoms with Crippen molar-refractivity contribution in [1.29, 1.82) is 10.8 Å². The first-order chi connectivity index (χ1) is 54.4. The van der Waals surface area contributed by atoms with Gasteiger partial charge >= 0.3 is 0 Å². The Morgan fingerprint density at radius 2 is 0.667 bits per heavy atom. The molecule has 0 bridgehead atoms. The molecule has 0 aliphatic heterocycles. The molecule has 8 saturated carbocycles. The Labute approximate surface area is 717 Å². The maximum absolute atomic E-state index is 12.1. The first kappa shape index (κ1) is 113. The second kappa shape index (κ2) is 48.8. The number of carbonyl (C=O) groups is 8. The predicted octanol–water partition coefficient (Wildman–Crippen LogP) is 8.36. The molecule has 12 atom stereocenters. The van der Waals surface area contributed by atoms with Gasteiger partial charge in [0, 0.05) is 84.8 Å². The molecule has 12 unspecified atom stereocenters. The number of nitrogens with zero attached hydrogens (tertiary/aromatic N) is 5. The maximum Gasteiger partial charge on any atom is 0.169 e. The molecular weight excluding hydrogens is 1540 g/mol. The van der Waals surface area contributed by atoms with E-state index in [9.17, 15) is 79.2 Å². The van der Waals surface area contributed by atoms with Crippen molar-refractivity contribution in [2.45, 2.75) is 401 Å². The Bertz CT molecular complexity index is 3570. The standard InChI is InChI=1S/C13H23NO2.2C12H22N2O2.2C11H20N2O2.2C10H18N2O2.C9H16N2O2.CH4/c1-9(2)12(15)13(16)6-4-11(5-7-13)8-10(3)14;1-8(2)11(15)12(16)6-4-5-10(7-12)14-9(3)13;1-8(2)11(15)12(16)7-5-4-6-10(12)14-9(3)13;1-7(2)10(14)11(15)5-4-9(6-11)13-8(3)12;1-7(2)10(14)11(15)6-4-5-9(11)13-8(3)12;1-6(2)9(13)10(14)4-7(5-10)3-8(11)12;1-6(2)9(13)10(14)5-4-8(10)12-7(3)11;1-5(2)8(12)9(13)4-7(9)11-6(3)10;/h9,11,14,16H,4-8H2,1-3H3;2*8,10,16H,4-7H2,1-3H3,(H2,13,14);7,9,13,15H,3-6,12H2,1-2H3;7,9,15H,4-6H2,1-3H3,(H2,12,13);6-7,14H,3-5H2,1-2H3,(H3,11,12);6,8,14H,4-5H2,1-3H3,(H2,11,12);5,7,13H,4H2,1-3H3,(H2,10,11);1H4. The van der Waals surface area contributed by atoms with Crippen LogP contribution >= 0.6 is 0 Å². The molecule has 8 rings (SSSR count). The molecule has 0 aromatic heterocycles. The van der Waals surface area contributed by atoms with Gasteiger partial charge in [0.2, 0.25) is 0 Å². The molecule has 0 spiro atoms. The van der Waals surface area contributed by atoms with Crippen molar-refractivity contribution >= 4 is 87.0 Å². The fourth-order valence-corrected chi connectivity index (χ4v) is 16.9. The molecule has 8 aliphatic rings. The molecule has 0 saturated heterocycles. The second-order valence-electron chi connectivity index (χ2n) is 37.6. The van der Waals surface area contributed by atoms with Gasteiger partial charge in [-0.05, 0) is 182 Å². The SMILES string of the molecule is C.C=C(N)NC1CCC(O)(C(=O)C(C)C)C1.CC(=N)CC1CCC(O)(C(=O)C(C)C)CC1.CC(C)C(=O)C1(O)CC(CC(=N)N)C1.CC(N)=NC1CC1(O)C(=O)C(C)C.CC(N)=NC1CCC1(O)C(=O)C(C)C.CC(N)=NC1CCCC(O)(C(=O)C(C)C)C1.CC(N)=NC1CCCC1(O)C(=O)C(C)C.CC(N)=NC1CCCCC1(O)C(=O)C(C)C. The molecule has 0 amide bonds. The van der Waals surface area contributed by atoms with Crippen LogP contribution in [0.2, 0.25) is 0 Å². The highest BCUT2D eigenvalue weighted by molar-refractivity contribution is 5.95. The number of amidine groups is 6. The third-order valence-corrected chi connectivity index (χ3v) is 23.1. The molecule has 0 radical (unpaired) electrons. The van der Waals surface area contributed by atoms with Gasteiger partial charge < -0.3 is 91.7 Å². The van der Waals surface area contributed by atoms with E-state index in [1.807, 2.05) is 62.3 Å². The number of nitrogens with two attached hydrogens (primary N) is 7. The lowest BCUT2D eigenvalue weighted by Gasteiger charge is -2.43. The van der Waals surface area contributed by atoms with Gasteiger partial charge in [0.15, 0.2) is 46.3 Å². The molecule has 31 nitrogen and oxygen atoms in total. The number of hydrogen-bond donors (Lipinski definition) is 18. The van der Waals surface area contributed by atoms with Crippen molar-refractivity contribution < 1.29 is 79.2 Å². The number of ketones is 8. The zero-order valence-corrected chi connectivity index (χ0v) is 76.2. The first-order valence-electron chi connectivity index (χ1n) is 43.1. The van der Waals surface area contributed by atoms with Crippen molar-refractivity contribution in [3.63, 3.8) is 0 Å². The average molecular weight is 1700 g/mol. The molecule has 690 valence electrons. The molecule has 8 fully saturated rings. The van der Waals surface area contributed by atoms with Crippen molar-refractivity contribution in [3.8, 4) is 0 Å². The third-order valence-electron chi connectivity index (χ3n) is 23.1. The van der Waals surface area contributed by atoms with Crippen molar-refractivity contribution in [2.24, 2.45) is 124 Å². The molecular formula is C89H163N15O16. The van der Waals surface area contributed by atoms with E-state index in [2.05, 4.69) is 36.9 Å². The Morgan fingerprint density at radius 1 is 0.342 bits per heavy atom. The van der Waals surface area contributed by atoms with E-state index in [0.29, 0.717) is 130 Å². The lowest BCUT2D eigenvalue weighted by atomic mass is 9.65. The summed E-state index contributed by atoms with van der Waals surface area (Å²) in [4.78, 5) is 115. The summed E-state index contributed by atoms with van der Waals surface area (Å²) in [5, 5.41) is 98.8. The van der Waals surface area contributed by atoms with Crippen molar-refractivity contribution in [2.75, 3.05) is 0 Å². The highest BCUT2D eigenvalue weighted by Crippen LogP contribution is 2.45. The van der Waals surface area contributed by atoms with Crippen molar-refractivity contribution in [3.05, 3.63) is 12.4 Å². The van der Waals surface area contributed by atoms with Crippen LogP contribution in [0.4, 0.5) is 0 Å². The van der Waals surface area contributed by atoms with Crippen LogP contribution < -0.4 is 45.5 Å². The fraction of sp³-hybridized carbons (Fsp3) is 0.809. The van der Waals surface area contributed by atoms with E-state index in [1.165, 1.54) is 0 Å². The zero-order valence-electron chi connectivity index (χ0n) is 76.2. The van der Waals surface area contributed by atoms with Gasteiger partial charge in [0.1, 0.15) is 44.8 Å². The Morgan fingerprint density at radius 3 is 1.02 bits per heavy atom. The number of aliphatic imine (C=N–C) groups is 5. The van der Waals surface area contributed by atoms with E-state index in [0.717, 1.165) is 77.0 Å². The largest absolute Gasteiger partial charge is 0.388 e. The summed E-state index contributed by atoms with van der Waals surface area (Å²) in [7, 11) is 0. The van der Waals surface area contributed by atoms with Crippen LogP contribution in [-0.2, 0) is 38.4 Å². The van der Waals surface area contributed by atoms with Gasteiger partial charge in [-0.25, -0.2) is 0 Å². The van der Waals surface area contributed by atoms with E-state index in [4.69, 9.17) is 51.0 Å². The quantitative estimate of drug-likeness (QED) is 0.0271. The van der Waals surface area contributed by atoms with E-state index >= 15 is 0 Å². The normalized spacial score (nSPS) is 31.5. The molecule has 31 heteroatoms. The minimum absolute atomic E-state index is 0. The number of Topliss-reactive ketones (excluding diaryl/α,β-unsaturated/α-hetero) is 8. The molecule has 25 N–H and O–H groups in total. The average Bonchev–Trinajstić information content (AvgIpc) is 1.45. The second-order valence-corrected chi connectivity index (χ2v) is 37.6. The molecule has 0 aromatic carbocycles. The van der Waals surface area contributed by atoms with Crippen LogP contribution in [0.1, 0.15) is 320 Å². The summed E-state index contributed by atoms with van der Waals surface area (Å²) in [6.45, 7) is 42.6. The number of nitrogens with one attached hydrogen (secondary N) is 3. The molecule has 8 aliphatic carbocycles. The highest BCUT2D eigenvalue weighted by atomic mass is 16.3. The van der Waals surface area contributed by atoms with Crippen molar-refractivity contribution in [1.82, 2.24) is 5.32 Å². The Kier molecular flexibility index (Phi) is 45.9. The lowest BCUT2D eigenvalue weighted by Crippen LogP contribution is -2.58. The summed E-state index contributed by atoms with van der Waals surface area (Å²) < 4.78 is 0. The molecule has 0 aromatic rings. The number of aliphatic hydroxyl groups is 8. The van der Waals surface area contributed by atoms with Gasteiger partial charge in [-0.1, -0.05) is 131 Å². The third kappa shape index (κ3) is 34.2. The van der Waals surface area contributed by atoms with E-state index < -0.39 is 44.8 Å². The Balaban J connectivity index is 0.00000135. The predicted molar refractivity (Wildman–Crippen MR) is 478 cm³/mol. The Hall–Kier alpha value is -7.13. The van der Waals surface area contributed by atoms with Gasteiger partial charge in [0.25, 0.3) is 0 Å². The minimum Gasteiger partial charge on any atom is -0.388 e. The van der Waals surface area contributed by atoms with Crippen LogP contribution in [0.15, 0.2) is 37.4 Å². The van der Waals surface area contributed by atoms with Gasteiger partial charge in [-0.3, -0.25) is 68.7 Å². The van der Waals surface area contributed by atoms with Gasteiger partial charge in [-0.2, -0.15) is 0 Å². The summed E-state index contributed by atoms with van der Waals surface area (Å²) in [5.74, 6) is 1.58. The van der Waals surface area contributed by atoms with Crippen LogP contribution in [0.5, 0.6) is 0 Å². The summed E-state index contributed by atoms with van der Waals surface area (Å²) in [6.07, 6.45) is 16.4. The number of hydrogen-bond acceptors (Lipinski definition) is 25. The lowest BCUT2D eigenvalue weighted by molar-refractivity contribution is -0.155. The first-order valence-corrected chi connectivity index (χ1v) is 43.1. The highest BCUT2D eigenvalue weighted by Gasteiger charge is 2.60. The fourth-order valence-electron chi connectivity index (χ4n) is 16.9. The zero-order chi connectivity index (χ0) is 92.4. The van der Waals surface area contributed by atoms with Gasteiger partial charge in [-0.15, -0.1) is 0 Å². The van der Waals surface area contributed by atoms with Crippen LogP contribution in [0.25, 0.3) is 0 Å². The molecule has 120 heavy (non-hydrogen) atoms. The maximum atomic E-state index is 12.1. The van der Waals surface area contributed by atoms with Gasteiger partial charge in [0.05, 0.1) is 71.0 Å². The van der Waals surface area contributed by atoms with E-state index in [-0.39, 0.29) is 149 Å². The summed E-state index contributed by atoms with van der Waals surface area (Å²) in [5.41, 5.74) is 29.1. The number of rotatable bonds is 27. The van der Waals surface area contributed by atoms with Crippen LogP contribution in [0, 0.1) is 70.0 Å². The molecule has 0 heterocycles.